The molecule has 1 saturated heterocycles. The van der Waals surface area contributed by atoms with Gasteiger partial charge < -0.3 is 50.0 Å². The van der Waals surface area contributed by atoms with Gasteiger partial charge in [0.15, 0.2) is 11.5 Å². The number of hydrogen-bond donors (Lipinski definition) is 6. The molecule has 17 heteroatoms. The molecule has 3 atom stereocenters. The summed E-state index contributed by atoms with van der Waals surface area (Å²) in [6, 6.07) is 6.95. The second kappa shape index (κ2) is 21.8. The average Bonchev–Trinajstić information content (AvgIpc) is 3.16. The number of methoxy groups -OCH3 is 1. The van der Waals surface area contributed by atoms with E-state index in [1.807, 2.05) is 0 Å². The first kappa shape index (κ1) is 43.6. The van der Waals surface area contributed by atoms with Gasteiger partial charge in [0.2, 0.25) is 11.8 Å². The summed E-state index contributed by atoms with van der Waals surface area (Å²) in [6.07, 6.45) is 2.04. The first-order valence-corrected chi connectivity index (χ1v) is 17.9. The number of aliphatic carboxylic acids is 1. The van der Waals surface area contributed by atoms with Gasteiger partial charge in [-0.15, -0.1) is 0 Å². The first-order valence-electron chi connectivity index (χ1n) is 17.9. The monoisotopic (exact) mass is 769 g/mol. The molecular formula is C38H51N5O12. The third kappa shape index (κ3) is 13.5. The number of carboxylic acids is 1. The first-order chi connectivity index (χ1) is 26.3. The second-order valence-corrected chi connectivity index (χ2v) is 13.1. The van der Waals surface area contributed by atoms with Crippen molar-refractivity contribution in [2.75, 3.05) is 44.1 Å². The van der Waals surface area contributed by atoms with Gasteiger partial charge in [-0.1, -0.05) is 38.6 Å². The molecule has 17 nitrogen and oxygen atoms in total. The summed E-state index contributed by atoms with van der Waals surface area (Å²) in [4.78, 5) is 77.0. The lowest BCUT2D eigenvalue weighted by Gasteiger charge is -2.35. The van der Waals surface area contributed by atoms with Crippen molar-refractivity contribution >= 4 is 47.3 Å². The lowest BCUT2D eigenvalue weighted by Crippen LogP contribution is -2.53. The number of alkyl carbamates (subject to hydrolysis) is 1. The number of benzene rings is 2. The number of carboxylic acid groups (broad SMARTS) is 1. The molecule has 300 valence electrons. The Labute approximate surface area is 319 Å². The molecular weight excluding hydrogens is 718 g/mol. The van der Waals surface area contributed by atoms with E-state index in [1.54, 1.807) is 43.0 Å². The van der Waals surface area contributed by atoms with Crippen LogP contribution in [0.2, 0.25) is 0 Å². The number of aliphatic hydroxyl groups excluding tert-OH is 1. The van der Waals surface area contributed by atoms with Gasteiger partial charge in [-0.05, 0) is 62.3 Å². The van der Waals surface area contributed by atoms with E-state index in [0.717, 1.165) is 12.8 Å². The van der Waals surface area contributed by atoms with Crippen LogP contribution in [0, 0.1) is 5.92 Å². The largest absolute Gasteiger partial charge is 0.493 e. The lowest BCUT2D eigenvalue weighted by atomic mass is 10.0. The number of likely N-dealkylation sites (tertiary alicyclic amines) is 1. The Morgan fingerprint density at radius 3 is 2.31 bits per heavy atom. The number of amides is 5. The van der Waals surface area contributed by atoms with E-state index in [2.05, 4.69) is 27.8 Å². The molecule has 2 unspecified atom stereocenters. The van der Waals surface area contributed by atoms with Gasteiger partial charge in [0.25, 0.3) is 5.91 Å². The van der Waals surface area contributed by atoms with Crippen LogP contribution >= 0.6 is 0 Å². The molecule has 2 aromatic rings. The van der Waals surface area contributed by atoms with Crippen LogP contribution in [0.25, 0.3) is 0 Å². The Morgan fingerprint density at radius 2 is 1.67 bits per heavy atom. The third-order valence-corrected chi connectivity index (χ3v) is 8.56. The molecule has 3 rings (SSSR count). The summed E-state index contributed by atoms with van der Waals surface area (Å²) in [5.41, 5.74) is 1.12. The molecule has 6 N–H and O–H groups in total. The Morgan fingerprint density at radius 1 is 0.945 bits per heavy atom. The average molecular weight is 770 g/mol. The number of nitrogens with one attached hydrogen (secondary N) is 4. The van der Waals surface area contributed by atoms with Crippen molar-refractivity contribution in [2.24, 2.45) is 5.92 Å². The molecule has 1 aliphatic heterocycles. The van der Waals surface area contributed by atoms with Gasteiger partial charge in [0.1, 0.15) is 25.3 Å². The normalized spacial score (nSPS) is 14.8. The maximum Gasteiger partial charge on any atom is 0.411 e. The maximum atomic E-state index is 13.8. The maximum absolute atomic E-state index is 13.8. The van der Waals surface area contributed by atoms with Crippen molar-refractivity contribution in [2.45, 2.75) is 77.6 Å². The fourth-order valence-corrected chi connectivity index (χ4v) is 5.57. The fraction of sp³-hybridized carbons (Fsp3) is 0.474. The Hall–Kier alpha value is -5.84. The zero-order valence-corrected chi connectivity index (χ0v) is 31.6. The molecule has 1 fully saturated rings. The molecule has 0 aromatic heterocycles. The number of rotatable bonds is 19. The van der Waals surface area contributed by atoms with E-state index in [-0.39, 0.29) is 67.9 Å². The summed E-state index contributed by atoms with van der Waals surface area (Å²) in [5.74, 6) is -2.43. The predicted molar refractivity (Wildman–Crippen MR) is 201 cm³/mol. The van der Waals surface area contributed by atoms with Gasteiger partial charge >= 0.3 is 18.2 Å². The fourth-order valence-electron chi connectivity index (χ4n) is 5.57. The number of aliphatic hydroxyl groups is 1. The van der Waals surface area contributed by atoms with Crippen molar-refractivity contribution in [1.82, 2.24) is 15.5 Å². The lowest BCUT2D eigenvalue weighted by molar-refractivity contribution is -0.137. The number of piperidine rings is 1. The van der Waals surface area contributed by atoms with E-state index in [4.69, 9.17) is 24.1 Å². The number of anilines is 2. The van der Waals surface area contributed by atoms with E-state index in [1.165, 1.54) is 32.2 Å². The summed E-state index contributed by atoms with van der Waals surface area (Å²) in [7, 11) is 1.39. The SMILES string of the molecule is C=CCOC(=O)NC(C(=O)NC(C)C(=O)Nc1ccc(COC(=O)Nc2cc(OCCCC(=O)O)c(OC)cc2C(=O)N2CCCC[C@H]2CO)cc1)C(C)C. The summed E-state index contributed by atoms with van der Waals surface area (Å²) in [6.45, 7) is 8.46. The van der Waals surface area contributed by atoms with E-state index in [9.17, 15) is 33.9 Å². The van der Waals surface area contributed by atoms with Crippen LogP contribution in [0.3, 0.4) is 0 Å². The van der Waals surface area contributed by atoms with Gasteiger partial charge in [-0.2, -0.15) is 0 Å². The van der Waals surface area contributed by atoms with Crippen molar-refractivity contribution < 1.29 is 57.9 Å². The topological polar surface area (TPSA) is 231 Å². The number of carbonyl (C=O) groups is 6. The highest BCUT2D eigenvalue weighted by Crippen LogP contribution is 2.35. The van der Waals surface area contributed by atoms with Crippen molar-refractivity contribution in [3.63, 3.8) is 0 Å². The minimum atomic E-state index is -0.979. The van der Waals surface area contributed by atoms with Crippen molar-refractivity contribution in [3.8, 4) is 11.5 Å². The highest BCUT2D eigenvalue weighted by atomic mass is 16.6. The predicted octanol–water partition coefficient (Wildman–Crippen LogP) is 4.05. The second-order valence-electron chi connectivity index (χ2n) is 13.1. The van der Waals surface area contributed by atoms with Crippen LogP contribution in [0.1, 0.15) is 68.8 Å². The molecule has 0 radical (unpaired) electrons. The summed E-state index contributed by atoms with van der Waals surface area (Å²) in [5, 5.41) is 29.3. The van der Waals surface area contributed by atoms with E-state index >= 15 is 0 Å². The zero-order chi connectivity index (χ0) is 40.5. The molecule has 0 saturated carbocycles. The summed E-state index contributed by atoms with van der Waals surface area (Å²) < 4.78 is 21.5. The minimum Gasteiger partial charge on any atom is -0.493 e. The Balaban J connectivity index is 1.65. The van der Waals surface area contributed by atoms with E-state index < -0.39 is 54.0 Å². The molecule has 55 heavy (non-hydrogen) atoms. The van der Waals surface area contributed by atoms with Crippen LogP contribution < -0.4 is 30.7 Å². The smallest absolute Gasteiger partial charge is 0.411 e. The summed E-state index contributed by atoms with van der Waals surface area (Å²) >= 11 is 0. The molecule has 1 heterocycles. The number of carbonyl (C=O) groups excluding carboxylic acids is 5. The van der Waals surface area contributed by atoms with Gasteiger partial charge in [0.05, 0.1) is 37.6 Å². The Kier molecular flexibility index (Phi) is 17.2. The highest BCUT2D eigenvalue weighted by Gasteiger charge is 2.31. The molecule has 2 aromatic carbocycles. The molecule has 0 spiro atoms. The number of nitrogens with zero attached hydrogens (tertiary/aromatic N) is 1. The minimum absolute atomic E-state index is 0.0234. The van der Waals surface area contributed by atoms with Crippen LogP contribution in [0.4, 0.5) is 21.0 Å². The molecule has 0 aliphatic carbocycles. The number of hydrogen-bond acceptors (Lipinski definition) is 11. The van der Waals surface area contributed by atoms with Gasteiger partial charge in [0, 0.05) is 24.7 Å². The molecule has 0 bridgehead atoms. The number of ether oxygens (including phenoxy) is 4. The zero-order valence-electron chi connectivity index (χ0n) is 31.6. The standard InChI is InChI=1S/C38H51N5O12/c1-6-17-54-38(51)42-33(23(2)3)35(48)39-24(4)34(47)40-26-14-12-25(13-15-26)22-55-37(50)41-29-20-31(53-18-9-11-32(45)46)30(52-5)19-28(29)36(49)43-16-8-7-10-27(43)21-44/h6,12-15,19-20,23-24,27,33,44H,1,7-11,16-18,21-22H2,2-5H3,(H,39,48)(H,40,47)(H,41,50)(H,42,51)(H,45,46)/t24?,27-,33?/m0/s1. The quantitative estimate of drug-likeness (QED) is 0.0878. The van der Waals surface area contributed by atoms with Crippen LogP contribution in [0.15, 0.2) is 49.1 Å². The molecule has 5 amide bonds. The van der Waals surface area contributed by atoms with Gasteiger partial charge in [-0.25, -0.2) is 9.59 Å². The van der Waals surface area contributed by atoms with Gasteiger partial charge in [-0.3, -0.25) is 24.5 Å². The third-order valence-electron chi connectivity index (χ3n) is 8.56. The highest BCUT2D eigenvalue weighted by molar-refractivity contribution is 6.04. The van der Waals surface area contributed by atoms with E-state index in [0.29, 0.717) is 24.2 Å². The van der Waals surface area contributed by atoms with Crippen LogP contribution in [-0.4, -0.2) is 103 Å². The van der Waals surface area contributed by atoms with Crippen molar-refractivity contribution in [3.05, 3.63) is 60.2 Å². The van der Waals surface area contributed by atoms with Crippen LogP contribution in [-0.2, 0) is 30.5 Å². The Bertz CT molecular complexity index is 1670. The van der Waals surface area contributed by atoms with Crippen LogP contribution in [0.5, 0.6) is 11.5 Å². The van der Waals surface area contributed by atoms with Crippen molar-refractivity contribution in [1.29, 1.82) is 0 Å². The molecule has 1 aliphatic rings.